The van der Waals surface area contributed by atoms with Crippen LogP contribution in [0.1, 0.15) is 0 Å². The standard InChI is InChI=1S/C18H12N4O6S4/c23-7-3-31-17(29)19(7)21-13(25)9-5-1-2-6(11(9)15(21)27)12-10(5)14(26)22(16(12)28)20-8(24)4-32-18(20)30/h1-2,5-6,9-12H,3-4H2/t5?,6?,9-,10+,11-,12+. The topological polar surface area (TPSA) is 115 Å². The minimum absolute atomic E-state index is 0.0370. The monoisotopic (exact) mass is 508 g/mol. The van der Waals surface area contributed by atoms with E-state index in [4.69, 9.17) is 24.4 Å². The summed E-state index contributed by atoms with van der Waals surface area (Å²) in [6.07, 6.45) is 3.40. The number of rotatable bonds is 2. The molecule has 0 aromatic carbocycles. The first-order valence-corrected chi connectivity index (χ1v) is 12.5. The molecule has 0 aromatic heterocycles. The maximum absolute atomic E-state index is 13.3. The number of amides is 6. The van der Waals surface area contributed by atoms with E-state index in [1.165, 1.54) is 0 Å². The molecule has 4 aliphatic heterocycles. The summed E-state index contributed by atoms with van der Waals surface area (Å²) in [5.74, 6) is -8.20. The highest BCUT2D eigenvalue weighted by Crippen LogP contribution is 2.58. The average Bonchev–Trinajstić information content (AvgIpc) is 3.44. The molecule has 14 heteroatoms. The molecule has 3 aliphatic carbocycles. The number of allylic oxidation sites excluding steroid dienone is 2. The van der Waals surface area contributed by atoms with E-state index >= 15 is 0 Å². The van der Waals surface area contributed by atoms with E-state index in [1.54, 1.807) is 12.2 Å². The van der Waals surface area contributed by atoms with Gasteiger partial charge < -0.3 is 0 Å². The summed E-state index contributed by atoms with van der Waals surface area (Å²) >= 11 is 12.4. The van der Waals surface area contributed by atoms with Crippen LogP contribution in [-0.4, -0.2) is 75.6 Å². The van der Waals surface area contributed by atoms with Crippen molar-refractivity contribution < 1.29 is 28.8 Å². The quantitative estimate of drug-likeness (QED) is 0.276. The van der Waals surface area contributed by atoms with E-state index in [0.29, 0.717) is 0 Å². The van der Waals surface area contributed by atoms with E-state index in [1.807, 2.05) is 0 Å². The summed E-state index contributed by atoms with van der Waals surface area (Å²) in [5, 5.41) is 3.48. The molecule has 1 saturated carbocycles. The fourth-order valence-corrected chi connectivity index (χ4v) is 7.74. The van der Waals surface area contributed by atoms with Gasteiger partial charge in [0.05, 0.1) is 35.2 Å². The number of carbonyl (C=O) groups excluding carboxylic acids is 6. The lowest BCUT2D eigenvalue weighted by Crippen LogP contribution is -2.50. The second-order valence-electron chi connectivity index (χ2n) is 8.14. The van der Waals surface area contributed by atoms with Gasteiger partial charge in [-0.25, -0.2) is 0 Å². The lowest BCUT2D eigenvalue weighted by molar-refractivity contribution is -0.160. The highest BCUT2D eigenvalue weighted by atomic mass is 32.2. The van der Waals surface area contributed by atoms with Crippen molar-refractivity contribution in [1.29, 1.82) is 0 Å². The SMILES string of the molecule is O=C1CSC(=S)N1N1C(=O)[C@@H]2C3C=CC([C@H]2C1=O)[C@@H]1C(=O)N(N2C(=O)CSC2=S)C(=O)[C@@H]31. The van der Waals surface area contributed by atoms with Crippen LogP contribution in [0.2, 0.25) is 0 Å². The van der Waals surface area contributed by atoms with E-state index in [9.17, 15) is 28.8 Å². The van der Waals surface area contributed by atoms with Crippen molar-refractivity contribution in [2.45, 2.75) is 0 Å². The Morgan fingerprint density at radius 2 is 0.906 bits per heavy atom. The van der Waals surface area contributed by atoms with Crippen molar-refractivity contribution in [3.63, 3.8) is 0 Å². The van der Waals surface area contributed by atoms with Crippen molar-refractivity contribution in [3.8, 4) is 0 Å². The molecule has 0 N–H and O–H groups in total. The Kier molecular flexibility index (Phi) is 4.27. The molecule has 0 radical (unpaired) electrons. The lowest BCUT2D eigenvalue weighted by atomic mass is 9.54. The smallest absolute Gasteiger partial charge is 0.258 e. The number of hydrazine groups is 2. The summed E-state index contributed by atoms with van der Waals surface area (Å²) in [6, 6.07) is 0. The number of hydrogen-bond donors (Lipinski definition) is 0. The molecule has 32 heavy (non-hydrogen) atoms. The maximum Gasteiger partial charge on any atom is 0.258 e. The summed E-state index contributed by atoms with van der Waals surface area (Å²) in [5.41, 5.74) is 0. The van der Waals surface area contributed by atoms with E-state index < -0.39 is 71.0 Å². The van der Waals surface area contributed by atoms with Gasteiger partial charge in [-0.1, -0.05) is 60.1 Å². The van der Waals surface area contributed by atoms with Crippen LogP contribution in [0.5, 0.6) is 0 Å². The van der Waals surface area contributed by atoms with Crippen LogP contribution >= 0.6 is 48.0 Å². The number of nitrogens with zero attached hydrogens (tertiary/aromatic N) is 4. The number of carbonyl (C=O) groups is 6. The maximum atomic E-state index is 13.3. The van der Waals surface area contributed by atoms with Crippen molar-refractivity contribution in [1.82, 2.24) is 20.0 Å². The number of imide groups is 2. The first-order chi connectivity index (χ1) is 15.2. The zero-order valence-electron chi connectivity index (χ0n) is 15.9. The second kappa shape index (κ2) is 6.68. The molecule has 0 spiro atoms. The molecule has 5 fully saturated rings. The van der Waals surface area contributed by atoms with Gasteiger partial charge >= 0.3 is 0 Å². The van der Waals surface area contributed by atoms with Gasteiger partial charge in [-0.15, -0.1) is 0 Å². The molecule has 4 saturated heterocycles. The molecular weight excluding hydrogens is 496 g/mol. The van der Waals surface area contributed by atoms with Gasteiger partial charge in [0.2, 0.25) is 0 Å². The third-order valence-corrected chi connectivity index (χ3v) is 9.50. The Balaban J connectivity index is 1.39. The highest BCUT2D eigenvalue weighted by molar-refractivity contribution is 8.24. The highest BCUT2D eigenvalue weighted by Gasteiger charge is 2.70. The summed E-state index contributed by atoms with van der Waals surface area (Å²) in [6.45, 7) is 0. The minimum Gasteiger partial charge on any atom is -0.272 e. The van der Waals surface area contributed by atoms with E-state index in [0.717, 1.165) is 43.6 Å². The first-order valence-electron chi connectivity index (χ1n) is 9.67. The third-order valence-electron chi connectivity index (χ3n) is 6.82. The zero-order valence-corrected chi connectivity index (χ0v) is 19.2. The molecule has 0 aromatic rings. The predicted molar refractivity (Wildman–Crippen MR) is 118 cm³/mol. The molecule has 6 atom stereocenters. The number of thiocarbonyl (C=S) groups is 2. The Morgan fingerprint density at radius 1 is 0.594 bits per heavy atom. The summed E-state index contributed by atoms with van der Waals surface area (Å²) in [4.78, 5) is 78.0. The molecule has 4 heterocycles. The summed E-state index contributed by atoms with van der Waals surface area (Å²) in [7, 11) is 0. The average molecular weight is 509 g/mol. The van der Waals surface area contributed by atoms with Gasteiger partial charge in [-0.3, -0.25) is 28.8 Å². The van der Waals surface area contributed by atoms with Crippen LogP contribution in [-0.2, 0) is 28.8 Å². The molecule has 7 rings (SSSR count). The minimum atomic E-state index is -0.882. The Labute approximate surface area is 199 Å². The van der Waals surface area contributed by atoms with Crippen LogP contribution in [0, 0.1) is 35.5 Å². The second-order valence-corrected chi connectivity index (χ2v) is 11.4. The summed E-state index contributed by atoms with van der Waals surface area (Å²) < 4.78 is 0.237. The van der Waals surface area contributed by atoms with Gasteiger partial charge in [0.1, 0.15) is 0 Å². The van der Waals surface area contributed by atoms with Gasteiger partial charge in [-0.2, -0.15) is 20.0 Å². The predicted octanol–water partition coefficient (Wildman–Crippen LogP) is -0.445. The third kappa shape index (κ3) is 2.33. The molecule has 6 amide bonds. The van der Waals surface area contributed by atoms with E-state index in [-0.39, 0.29) is 20.1 Å². The number of hydrogen-bond acceptors (Lipinski definition) is 10. The molecule has 2 unspecified atom stereocenters. The van der Waals surface area contributed by atoms with Crippen LogP contribution < -0.4 is 0 Å². The Morgan fingerprint density at radius 3 is 1.16 bits per heavy atom. The van der Waals surface area contributed by atoms with Crippen LogP contribution in [0.15, 0.2) is 12.2 Å². The fourth-order valence-electron chi connectivity index (χ4n) is 5.67. The van der Waals surface area contributed by atoms with E-state index in [2.05, 4.69) is 0 Å². The van der Waals surface area contributed by atoms with Gasteiger partial charge in [0.15, 0.2) is 8.64 Å². The normalized spacial score (nSPS) is 38.2. The Bertz CT molecular complexity index is 977. The van der Waals surface area contributed by atoms with Crippen LogP contribution in [0.4, 0.5) is 0 Å². The fraction of sp³-hybridized carbons (Fsp3) is 0.444. The van der Waals surface area contributed by atoms with Crippen molar-refractivity contribution in [2.24, 2.45) is 35.5 Å². The molecule has 10 nitrogen and oxygen atoms in total. The molecular formula is C18H12N4O6S4. The Hall–Kier alpha value is -2.16. The van der Waals surface area contributed by atoms with Crippen molar-refractivity contribution in [3.05, 3.63) is 12.2 Å². The lowest BCUT2D eigenvalue weighted by Gasteiger charge is -2.44. The van der Waals surface area contributed by atoms with Crippen molar-refractivity contribution in [2.75, 3.05) is 11.5 Å². The van der Waals surface area contributed by atoms with Gasteiger partial charge in [0.25, 0.3) is 35.4 Å². The van der Waals surface area contributed by atoms with Crippen LogP contribution in [0.3, 0.4) is 0 Å². The van der Waals surface area contributed by atoms with Crippen molar-refractivity contribution >= 4 is 92.0 Å². The molecule has 7 aliphatic rings. The number of thioether (sulfide) groups is 2. The largest absolute Gasteiger partial charge is 0.272 e. The molecule has 2 bridgehead atoms. The van der Waals surface area contributed by atoms with Gasteiger partial charge in [0, 0.05) is 11.8 Å². The van der Waals surface area contributed by atoms with Gasteiger partial charge in [-0.05, 0) is 0 Å². The first kappa shape index (κ1) is 20.4. The van der Waals surface area contributed by atoms with Crippen LogP contribution in [0.25, 0.3) is 0 Å². The zero-order chi connectivity index (χ0) is 22.6. The molecule has 164 valence electrons.